The minimum atomic E-state index is -0.456. The van der Waals surface area contributed by atoms with Crippen LogP contribution in [0.2, 0.25) is 0 Å². The lowest BCUT2D eigenvalue weighted by Crippen LogP contribution is -2.41. The number of rotatable bonds is 4. The van der Waals surface area contributed by atoms with Crippen molar-refractivity contribution in [2.75, 3.05) is 0 Å². The standard InChI is InChI=1S/C31H28BN3O2/c1-30(2)31(3,4)37-32(36-30)26-20-12-17-23-24(26)18-11-19-25(23)29-34-27(21-13-7-5-8-14-21)33-28(35-29)22-15-9-6-10-16-22/h5-20H,1-4H3. The maximum atomic E-state index is 6.39. The van der Waals surface area contributed by atoms with Crippen molar-refractivity contribution in [2.45, 2.75) is 38.9 Å². The molecule has 5 nitrogen and oxygen atoms in total. The predicted octanol–water partition coefficient (Wildman–Crippen LogP) is 6.33. The average Bonchev–Trinajstić information content (AvgIpc) is 3.15. The maximum absolute atomic E-state index is 6.39. The number of hydrogen-bond acceptors (Lipinski definition) is 5. The smallest absolute Gasteiger partial charge is 0.399 e. The Bertz CT molecular complexity index is 1510. The number of nitrogens with zero attached hydrogens (tertiary/aromatic N) is 3. The molecule has 182 valence electrons. The Morgan fingerprint density at radius 1 is 0.514 bits per heavy atom. The minimum absolute atomic E-state index is 0.416. The summed E-state index contributed by atoms with van der Waals surface area (Å²) in [5.41, 5.74) is 3.00. The quantitative estimate of drug-likeness (QED) is 0.279. The highest BCUT2D eigenvalue weighted by Crippen LogP contribution is 2.37. The van der Waals surface area contributed by atoms with E-state index in [2.05, 4.69) is 52.0 Å². The number of benzene rings is 4. The van der Waals surface area contributed by atoms with Crippen molar-refractivity contribution in [3.05, 3.63) is 97.1 Å². The third-order valence-corrected chi connectivity index (χ3v) is 7.40. The molecule has 0 N–H and O–H groups in total. The third-order valence-electron chi connectivity index (χ3n) is 7.40. The Hall–Kier alpha value is -3.87. The normalized spacial score (nSPS) is 16.3. The van der Waals surface area contributed by atoms with Gasteiger partial charge < -0.3 is 9.31 Å². The second-order valence-corrected chi connectivity index (χ2v) is 10.4. The van der Waals surface area contributed by atoms with Gasteiger partial charge in [-0.2, -0.15) is 0 Å². The first-order valence-electron chi connectivity index (χ1n) is 12.6. The fraction of sp³-hybridized carbons (Fsp3) is 0.194. The van der Waals surface area contributed by atoms with Gasteiger partial charge in [0, 0.05) is 16.7 Å². The van der Waals surface area contributed by atoms with Crippen LogP contribution in [0.15, 0.2) is 97.1 Å². The molecule has 0 unspecified atom stereocenters. The molecule has 0 amide bonds. The highest BCUT2D eigenvalue weighted by Gasteiger charge is 2.52. The molecular weight excluding hydrogens is 457 g/mol. The van der Waals surface area contributed by atoms with E-state index in [9.17, 15) is 0 Å². The largest absolute Gasteiger partial charge is 0.495 e. The van der Waals surface area contributed by atoms with Crippen LogP contribution in [0.5, 0.6) is 0 Å². The molecule has 1 aromatic heterocycles. The van der Waals surface area contributed by atoms with Crippen LogP contribution in [0.3, 0.4) is 0 Å². The van der Waals surface area contributed by atoms with Crippen molar-refractivity contribution >= 4 is 23.4 Å². The van der Waals surface area contributed by atoms with Gasteiger partial charge in [0.1, 0.15) is 0 Å². The van der Waals surface area contributed by atoms with Crippen molar-refractivity contribution in [2.24, 2.45) is 0 Å². The molecule has 0 spiro atoms. The van der Waals surface area contributed by atoms with Crippen molar-refractivity contribution in [3.8, 4) is 34.2 Å². The van der Waals surface area contributed by atoms with Crippen LogP contribution in [0.25, 0.3) is 44.9 Å². The van der Waals surface area contributed by atoms with E-state index in [1.807, 2.05) is 72.8 Å². The molecular formula is C31H28BN3O2. The molecule has 37 heavy (non-hydrogen) atoms. The second-order valence-electron chi connectivity index (χ2n) is 10.4. The highest BCUT2D eigenvalue weighted by atomic mass is 16.7. The van der Waals surface area contributed by atoms with Crippen molar-refractivity contribution in [1.82, 2.24) is 15.0 Å². The summed E-state index contributed by atoms with van der Waals surface area (Å²) in [6.45, 7) is 8.30. The second kappa shape index (κ2) is 8.91. The molecule has 0 radical (unpaired) electrons. The predicted molar refractivity (Wildman–Crippen MR) is 149 cm³/mol. The Balaban J connectivity index is 1.53. The number of aromatic nitrogens is 3. The molecule has 0 bridgehead atoms. The zero-order valence-electron chi connectivity index (χ0n) is 21.5. The number of hydrogen-bond donors (Lipinski definition) is 0. The van der Waals surface area contributed by atoms with Gasteiger partial charge in [0.25, 0.3) is 0 Å². The summed E-state index contributed by atoms with van der Waals surface area (Å²) in [6, 6.07) is 32.5. The maximum Gasteiger partial charge on any atom is 0.495 e. The van der Waals surface area contributed by atoms with Gasteiger partial charge in [-0.15, -0.1) is 0 Å². The van der Waals surface area contributed by atoms with Gasteiger partial charge in [0.05, 0.1) is 11.2 Å². The lowest BCUT2D eigenvalue weighted by molar-refractivity contribution is 0.00578. The fourth-order valence-electron chi connectivity index (χ4n) is 4.63. The van der Waals surface area contributed by atoms with Crippen molar-refractivity contribution in [3.63, 3.8) is 0 Å². The molecule has 0 saturated carbocycles. The van der Waals surface area contributed by atoms with E-state index in [-0.39, 0.29) is 0 Å². The van der Waals surface area contributed by atoms with Crippen molar-refractivity contribution < 1.29 is 9.31 Å². The first kappa shape index (κ1) is 23.5. The molecule has 4 aromatic carbocycles. The van der Waals surface area contributed by atoms with Gasteiger partial charge in [0.2, 0.25) is 0 Å². The molecule has 0 aliphatic carbocycles. The Morgan fingerprint density at radius 3 is 1.57 bits per heavy atom. The van der Waals surface area contributed by atoms with Crippen LogP contribution in [-0.2, 0) is 9.31 Å². The monoisotopic (exact) mass is 485 g/mol. The fourth-order valence-corrected chi connectivity index (χ4v) is 4.63. The van der Waals surface area contributed by atoms with Crippen LogP contribution in [0.1, 0.15) is 27.7 Å². The van der Waals surface area contributed by atoms with E-state index >= 15 is 0 Å². The summed E-state index contributed by atoms with van der Waals surface area (Å²) in [6.07, 6.45) is 0. The Kier molecular flexibility index (Phi) is 5.66. The van der Waals surface area contributed by atoms with E-state index in [1.54, 1.807) is 0 Å². The third kappa shape index (κ3) is 4.22. The summed E-state index contributed by atoms with van der Waals surface area (Å²) in [4.78, 5) is 14.7. The summed E-state index contributed by atoms with van der Waals surface area (Å²) in [7, 11) is -0.456. The van der Waals surface area contributed by atoms with Gasteiger partial charge in [-0.05, 0) is 43.9 Å². The van der Waals surface area contributed by atoms with Crippen LogP contribution < -0.4 is 5.46 Å². The molecule has 1 fully saturated rings. The lowest BCUT2D eigenvalue weighted by Gasteiger charge is -2.32. The average molecular weight is 485 g/mol. The van der Waals surface area contributed by atoms with E-state index in [4.69, 9.17) is 24.3 Å². The van der Waals surface area contributed by atoms with Crippen LogP contribution in [0.4, 0.5) is 0 Å². The Morgan fingerprint density at radius 2 is 1.00 bits per heavy atom. The molecule has 6 heteroatoms. The van der Waals surface area contributed by atoms with Crippen LogP contribution >= 0.6 is 0 Å². The number of fused-ring (bicyclic) bond motifs is 1. The Labute approximate surface area is 217 Å². The molecule has 5 aromatic rings. The van der Waals surface area contributed by atoms with Gasteiger partial charge in [-0.25, -0.2) is 15.0 Å². The minimum Gasteiger partial charge on any atom is -0.399 e. The van der Waals surface area contributed by atoms with Gasteiger partial charge in [0.15, 0.2) is 17.5 Å². The highest BCUT2D eigenvalue weighted by molar-refractivity contribution is 6.65. The molecule has 1 aliphatic heterocycles. The van der Waals surface area contributed by atoms with E-state index < -0.39 is 18.3 Å². The lowest BCUT2D eigenvalue weighted by atomic mass is 9.75. The molecule has 1 saturated heterocycles. The zero-order valence-corrected chi connectivity index (χ0v) is 21.5. The van der Waals surface area contributed by atoms with E-state index in [0.29, 0.717) is 17.5 Å². The van der Waals surface area contributed by atoms with Crippen molar-refractivity contribution in [1.29, 1.82) is 0 Å². The van der Waals surface area contributed by atoms with Gasteiger partial charge in [-0.3, -0.25) is 0 Å². The summed E-state index contributed by atoms with van der Waals surface area (Å²) >= 11 is 0. The van der Waals surface area contributed by atoms with E-state index in [1.165, 1.54) is 0 Å². The SMILES string of the molecule is CC1(C)OB(c2cccc3c(-c4nc(-c5ccccc5)nc(-c5ccccc5)n4)cccc23)OC1(C)C. The van der Waals surface area contributed by atoms with Crippen LogP contribution in [0, 0.1) is 0 Å². The van der Waals surface area contributed by atoms with Gasteiger partial charge in [-0.1, -0.05) is 97.1 Å². The molecule has 2 heterocycles. The molecule has 0 atom stereocenters. The summed E-state index contributed by atoms with van der Waals surface area (Å²) in [5, 5.41) is 2.10. The first-order valence-corrected chi connectivity index (χ1v) is 12.6. The van der Waals surface area contributed by atoms with Gasteiger partial charge >= 0.3 is 7.12 Å². The molecule has 6 rings (SSSR count). The summed E-state index contributed by atoms with van der Waals surface area (Å²) < 4.78 is 12.8. The zero-order chi connectivity index (χ0) is 25.6. The summed E-state index contributed by atoms with van der Waals surface area (Å²) in [5.74, 6) is 1.91. The topological polar surface area (TPSA) is 57.1 Å². The molecule has 1 aliphatic rings. The first-order chi connectivity index (χ1) is 17.8. The van der Waals surface area contributed by atoms with Crippen LogP contribution in [-0.4, -0.2) is 33.3 Å². The van der Waals surface area contributed by atoms with E-state index in [0.717, 1.165) is 32.9 Å².